The molecule has 4 aromatic rings. The van der Waals surface area contributed by atoms with Gasteiger partial charge in [0.1, 0.15) is 33.0 Å². The van der Waals surface area contributed by atoms with Crippen molar-refractivity contribution in [2.75, 3.05) is 27.4 Å². The first-order valence-electron chi connectivity index (χ1n) is 13.8. The molecule has 0 aliphatic rings. The average Bonchev–Trinajstić information content (AvgIpc) is 3.60. The van der Waals surface area contributed by atoms with Crippen molar-refractivity contribution in [3.63, 3.8) is 0 Å². The van der Waals surface area contributed by atoms with Crippen LogP contribution in [0.25, 0.3) is 15.2 Å². The van der Waals surface area contributed by atoms with Crippen molar-refractivity contribution >= 4 is 27.5 Å². The van der Waals surface area contributed by atoms with E-state index in [-0.39, 0.29) is 24.6 Å². The third-order valence-electron chi connectivity index (χ3n) is 7.02. The number of aromatic nitrogens is 5. The number of carbonyl (C=O) groups is 1. The van der Waals surface area contributed by atoms with Gasteiger partial charge < -0.3 is 19.5 Å². The highest BCUT2D eigenvalue weighted by molar-refractivity contribution is 7.21. The first-order chi connectivity index (χ1) is 20.4. The van der Waals surface area contributed by atoms with Gasteiger partial charge in [-0.05, 0) is 59.2 Å². The molecule has 0 aliphatic carbocycles. The lowest BCUT2D eigenvalue weighted by Gasteiger charge is -2.28. The Balaban J connectivity index is 2.00. The second-order valence-electron chi connectivity index (χ2n) is 10.8. The smallest absolute Gasteiger partial charge is 0.333 e. The molecule has 1 N–H and O–H groups in total. The molecule has 12 nitrogen and oxygen atoms in total. The Morgan fingerprint density at radius 3 is 2.47 bits per heavy atom. The van der Waals surface area contributed by atoms with Gasteiger partial charge in [-0.1, -0.05) is 11.3 Å². The van der Waals surface area contributed by atoms with Crippen LogP contribution in [-0.4, -0.2) is 63.5 Å². The first-order valence-corrected chi connectivity index (χ1v) is 14.6. The molecule has 4 rings (SSSR count). The molecular weight excluding hydrogens is 579 g/mol. The Hall–Kier alpha value is -3.88. The summed E-state index contributed by atoms with van der Waals surface area (Å²) in [5.41, 5.74) is -1.96. The number of nitrogens with one attached hydrogen (secondary N) is 1. The zero-order valence-electron chi connectivity index (χ0n) is 25.3. The molecule has 0 fully saturated rings. The average molecular weight is 617 g/mol. The van der Waals surface area contributed by atoms with Crippen molar-refractivity contribution < 1.29 is 23.4 Å². The molecule has 14 heteroatoms. The fourth-order valence-corrected chi connectivity index (χ4v) is 6.05. The van der Waals surface area contributed by atoms with Crippen LogP contribution in [0.15, 0.2) is 40.2 Å². The number of carbonyl (C=O) groups excluding carboxylic acids is 1. The van der Waals surface area contributed by atoms with Crippen molar-refractivity contribution in [2.24, 2.45) is 0 Å². The van der Waals surface area contributed by atoms with Crippen LogP contribution in [-0.2, 0) is 26.4 Å². The largest absolute Gasteiger partial charge is 0.496 e. The van der Waals surface area contributed by atoms with Gasteiger partial charge in [0.15, 0.2) is 0 Å². The lowest BCUT2D eigenvalue weighted by molar-refractivity contribution is -0.129. The second kappa shape index (κ2) is 13.2. The number of amides is 1. The highest BCUT2D eigenvalue weighted by Gasteiger charge is 2.36. The van der Waals surface area contributed by atoms with E-state index in [0.717, 1.165) is 15.9 Å². The summed E-state index contributed by atoms with van der Waals surface area (Å²) in [5, 5.41) is 12.0. The van der Waals surface area contributed by atoms with E-state index in [0.29, 0.717) is 39.7 Å². The van der Waals surface area contributed by atoms with Crippen molar-refractivity contribution in [3.05, 3.63) is 68.4 Å². The number of hydrogen-bond donors (Lipinski definition) is 1. The predicted molar refractivity (Wildman–Crippen MR) is 161 cm³/mol. The van der Waals surface area contributed by atoms with Crippen LogP contribution in [0.3, 0.4) is 0 Å². The summed E-state index contributed by atoms with van der Waals surface area (Å²) >= 11 is 1.16. The van der Waals surface area contributed by atoms with Gasteiger partial charge in [-0.15, -0.1) is 4.80 Å². The fourth-order valence-electron chi connectivity index (χ4n) is 4.83. The van der Waals surface area contributed by atoms with Crippen molar-refractivity contribution in [2.45, 2.75) is 65.3 Å². The Labute approximate surface area is 252 Å². The lowest BCUT2D eigenvalue weighted by Crippen LogP contribution is -2.56. The molecule has 43 heavy (non-hydrogen) atoms. The van der Waals surface area contributed by atoms with E-state index in [4.69, 9.17) is 14.2 Å². The lowest BCUT2D eigenvalue weighted by atomic mass is 10.0. The third-order valence-corrected chi connectivity index (χ3v) is 8.30. The number of thiophene rings is 1. The molecule has 0 saturated heterocycles. The summed E-state index contributed by atoms with van der Waals surface area (Å²) in [6, 6.07) is 3.85. The molecule has 3 aromatic heterocycles. The van der Waals surface area contributed by atoms with Gasteiger partial charge in [-0.2, -0.15) is 10.2 Å². The number of benzene rings is 1. The molecular formula is C29H37FN6O6S. The minimum absolute atomic E-state index is 0.115. The van der Waals surface area contributed by atoms with Crippen LogP contribution in [0.5, 0.6) is 5.75 Å². The number of rotatable bonds is 13. The van der Waals surface area contributed by atoms with E-state index in [1.54, 1.807) is 27.9 Å². The number of halogens is 1. The van der Waals surface area contributed by atoms with Crippen LogP contribution >= 0.6 is 11.3 Å². The second-order valence-corrected chi connectivity index (χ2v) is 11.8. The molecule has 232 valence electrons. The normalized spacial score (nSPS) is 12.7. The summed E-state index contributed by atoms with van der Waals surface area (Å²) in [5.74, 6) is -0.626. The van der Waals surface area contributed by atoms with E-state index in [9.17, 15) is 18.8 Å². The number of hydrogen-bond acceptors (Lipinski definition) is 9. The maximum absolute atomic E-state index is 14.5. The van der Waals surface area contributed by atoms with Gasteiger partial charge in [-0.3, -0.25) is 14.2 Å². The topological polar surface area (TPSA) is 132 Å². The Kier molecular flexibility index (Phi) is 9.82. The quantitative estimate of drug-likeness (QED) is 0.227. The Morgan fingerprint density at radius 2 is 1.84 bits per heavy atom. The minimum atomic E-state index is -1.56. The number of ether oxygens (including phenoxy) is 3. The molecule has 0 aliphatic heterocycles. The highest BCUT2D eigenvalue weighted by atomic mass is 32.1. The molecule has 0 spiro atoms. The van der Waals surface area contributed by atoms with Crippen molar-refractivity contribution in [3.8, 4) is 10.8 Å². The summed E-state index contributed by atoms with van der Waals surface area (Å²) in [6.45, 7) is 8.94. The van der Waals surface area contributed by atoms with Crippen LogP contribution in [0, 0.1) is 12.7 Å². The molecule has 1 amide bonds. The van der Waals surface area contributed by atoms with E-state index >= 15 is 0 Å². The summed E-state index contributed by atoms with van der Waals surface area (Å²) in [6.07, 6.45) is 2.70. The molecule has 0 bridgehead atoms. The molecule has 3 heterocycles. The van der Waals surface area contributed by atoms with Gasteiger partial charge in [0, 0.05) is 37.5 Å². The van der Waals surface area contributed by atoms with E-state index in [1.165, 1.54) is 60.9 Å². The van der Waals surface area contributed by atoms with Crippen molar-refractivity contribution in [1.29, 1.82) is 0 Å². The molecule has 0 radical (unpaired) electrons. The SMILES string of the molecule is COCCCOC(Cn1c(=O)n(C(C)(C)C(=O)NC(C)C)c(=O)c2c(C)c(-n3nccn3)sc21)c1cc(F)ccc1OC. The maximum Gasteiger partial charge on any atom is 0.333 e. The molecule has 0 saturated carbocycles. The monoisotopic (exact) mass is 616 g/mol. The third kappa shape index (κ3) is 6.40. The maximum atomic E-state index is 14.5. The van der Waals surface area contributed by atoms with Crippen molar-refractivity contribution in [1.82, 2.24) is 29.4 Å². The van der Waals surface area contributed by atoms with Gasteiger partial charge in [0.2, 0.25) is 5.91 Å². The molecule has 1 atom stereocenters. The number of methoxy groups -OCH3 is 2. The van der Waals surface area contributed by atoms with E-state index in [2.05, 4.69) is 15.5 Å². The number of nitrogens with zero attached hydrogens (tertiary/aromatic N) is 5. The zero-order valence-corrected chi connectivity index (χ0v) is 26.2. The summed E-state index contributed by atoms with van der Waals surface area (Å²) < 4.78 is 33.8. The number of fused-ring (bicyclic) bond motifs is 1. The number of aryl methyl sites for hydroxylation is 1. The van der Waals surface area contributed by atoms with Gasteiger partial charge >= 0.3 is 5.69 Å². The fraction of sp³-hybridized carbons (Fsp3) is 0.483. The molecule has 1 unspecified atom stereocenters. The Bertz CT molecular complexity index is 1710. The minimum Gasteiger partial charge on any atom is -0.496 e. The molecule has 1 aromatic carbocycles. The highest BCUT2D eigenvalue weighted by Crippen LogP contribution is 2.34. The summed E-state index contributed by atoms with van der Waals surface area (Å²) in [4.78, 5) is 43.5. The van der Waals surface area contributed by atoms with Gasteiger partial charge in [-0.25, -0.2) is 13.8 Å². The Morgan fingerprint density at radius 1 is 1.14 bits per heavy atom. The van der Waals surface area contributed by atoms with Crippen LogP contribution in [0.1, 0.15) is 51.3 Å². The standard InChI is InChI=1S/C29H37FN6O6S/c1-17(2)33-27(38)29(4,5)35-24(37)23-18(3)25(36-31-11-12-32-36)43-26(23)34(28(35)39)16-22(42-14-8-13-40-6)20-15-19(30)9-10-21(20)41-7/h9-12,15,17,22H,8,13-14,16H2,1-7H3,(H,33,38). The van der Waals surface area contributed by atoms with E-state index < -0.39 is 34.6 Å². The van der Waals surface area contributed by atoms with Gasteiger partial charge in [0.25, 0.3) is 5.56 Å². The van der Waals surface area contributed by atoms with Crippen LogP contribution in [0.4, 0.5) is 4.39 Å². The van der Waals surface area contributed by atoms with Crippen LogP contribution in [0.2, 0.25) is 0 Å². The zero-order chi connectivity index (χ0) is 31.5. The van der Waals surface area contributed by atoms with E-state index in [1.807, 2.05) is 0 Å². The predicted octanol–water partition coefficient (Wildman–Crippen LogP) is 3.32. The first kappa shape index (κ1) is 32.0. The van der Waals surface area contributed by atoms with Gasteiger partial charge in [0.05, 0.1) is 31.4 Å². The van der Waals surface area contributed by atoms with Crippen LogP contribution < -0.4 is 21.3 Å². The summed E-state index contributed by atoms with van der Waals surface area (Å²) in [7, 11) is 3.04.